The number of aromatic nitrogens is 3. The van der Waals surface area contributed by atoms with Crippen molar-refractivity contribution in [3.05, 3.63) is 51.7 Å². The van der Waals surface area contributed by atoms with Crippen molar-refractivity contribution in [2.45, 2.75) is 57.8 Å². The number of amides is 1. The summed E-state index contributed by atoms with van der Waals surface area (Å²) in [6.07, 6.45) is 3.78. The molecule has 34 heavy (non-hydrogen) atoms. The molecule has 0 spiro atoms. The highest BCUT2D eigenvalue weighted by Crippen LogP contribution is 2.39. The first-order chi connectivity index (χ1) is 16.5. The van der Waals surface area contributed by atoms with Crippen LogP contribution in [0.2, 0.25) is 0 Å². The average Bonchev–Trinajstić information content (AvgIpc) is 3.55. The first kappa shape index (κ1) is 24.3. The van der Waals surface area contributed by atoms with Gasteiger partial charge >= 0.3 is 5.97 Å². The molecule has 8 nitrogen and oxygen atoms in total. The number of benzene rings is 1. The maximum absolute atomic E-state index is 12.7. The van der Waals surface area contributed by atoms with E-state index >= 15 is 0 Å². The minimum absolute atomic E-state index is 0.153. The average molecular weight is 501 g/mol. The number of fused-ring (bicyclic) bond motifs is 1. The molecule has 0 saturated heterocycles. The lowest BCUT2D eigenvalue weighted by molar-refractivity contribution is -0.113. The summed E-state index contributed by atoms with van der Waals surface area (Å²) in [4.78, 5) is 26.1. The second kappa shape index (κ2) is 11.1. The van der Waals surface area contributed by atoms with E-state index in [9.17, 15) is 9.59 Å². The van der Waals surface area contributed by atoms with Gasteiger partial charge in [0.2, 0.25) is 5.91 Å². The zero-order valence-corrected chi connectivity index (χ0v) is 21.2. The normalized spacial score (nSPS) is 12.4. The topological polar surface area (TPSA) is 95.3 Å². The van der Waals surface area contributed by atoms with Gasteiger partial charge < -0.3 is 19.4 Å². The molecule has 0 aliphatic heterocycles. The summed E-state index contributed by atoms with van der Waals surface area (Å²) >= 11 is 2.78. The highest BCUT2D eigenvalue weighted by molar-refractivity contribution is 7.99. The molecule has 1 amide bonds. The molecule has 1 aromatic carbocycles. The van der Waals surface area contributed by atoms with Gasteiger partial charge in [-0.2, -0.15) is 0 Å². The number of nitrogens with zero attached hydrogens (tertiary/aromatic N) is 3. The number of esters is 1. The lowest BCUT2D eigenvalue weighted by Crippen LogP contribution is -2.17. The number of rotatable bonds is 10. The van der Waals surface area contributed by atoms with Crippen molar-refractivity contribution in [3.8, 4) is 5.75 Å². The van der Waals surface area contributed by atoms with Crippen molar-refractivity contribution in [2.75, 3.05) is 18.2 Å². The number of hydrogen-bond donors (Lipinski definition) is 1. The Hall–Kier alpha value is -2.85. The maximum atomic E-state index is 12.7. The van der Waals surface area contributed by atoms with Crippen molar-refractivity contribution in [3.63, 3.8) is 0 Å². The smallest absolute Gasteiger partial charge is 0.341 e. The number of methoxy groups -OCH3 is 1. The number of anilines is 1. The summed E-state index contributed by atoms with van der Waals surface area (Å²) in [6, 6.07) is 8.00. The number of thioether (sulfide) groups is 1. The quantitative estimate of drug-likeness (QED) is 0.323. The van der Waals surface area contributed by atoms with Crippen molar-refractivity contribution in [2.24, 2.45) is 0 Å². The van der Waals surface area contributed by atoms with E-state index in [1.54, 1.807) is 0 Å². The van der Waals surface area contributed by atoms with Gasteiger partial charge in [0, 0.05) is 11.4 Å². The van der Waals surface area contributed by atoms with Gasteiger partial charge in [0.05, 0.1) is 18.4 Å². The minimum atomic E-state index is -0.401. The van der Waals surface area contributed by atoms with E-state index in [1.165, 1.54) is 35.8 Å². The van der Waals surface area contributed by atoms with E-state index in [0.717, 1.165) is 41.9 Å². The molecule has 0 bridgehead atoms. The predicted molar refractivity (Wildman–Crippen MR) is 133 cm³/mol. The van der Waals surface area contributed by atoms with Crippen LogP contribution in [0.1, 0.15) is 52.5 Å². The van der Waals surface area contributed by atoms with Crippen molar-refractivity contribution >= 4 is 40.0 Å². The summed E-state index contributed by atoms with van der Waals surface area (Å²) in [5.41, 5.74) is 2.77. The standard InChI is InChI=1S/C24H28N4O4S2/c1-4-15-9-11-16(12-10-15)32-13-19-26-27-24(28(19)5-2)33-14-20(29)25-22-21(23(30)31-3)17-7-6-8-18(17)34-22/h9-12H,4-8,13-14H2,1-3H3,(H,25,29). The second-order valence-electron chi connectivity index (χ2n) is 7.82. The van der Waals surface area contributed by atoms with Gasteiger partial charge in [-0.25, -0.2) is 4.79 Å². The molecular formula is C24H28N4O4S2. The number of ether oxygens (including phenoxy) is 2. The lowest BCUT2D eigenvalue weighted by atomic mass is 10.1. The molecule has 0 saturated carbocycles. The van der Waals surface area contributed by atoms with Crippen LogP contribution >= 0.6 is 23.1 Å². The van der Waals surface area contributed by atoms with Gasteiger partial charge in [-0.15, -0.1) is 21.5 Å². The molecule has 0 fully saturated rings. The fraction of sp³-hybridized carbons (Fsp3) is 0.417. The molecule has 2 heterocycles. The monoisotopic (exact) mass is 500 g/mol. The fourth-order valence-corrected chi connectivity index (χ4v) is 6.04. The summed E-state index contributed by atoms with van der Waals surface area (Å²) in [5.74, 6) is 1.03. The van der Waals surface area contributed by atoms with E-state index in [-0.39, 0.29) is 11.7 Å². The minimum Gasteiger partial charge on any atom is -0.486 e. The number of nitrogens with one attached hydrogen (secondary N) is 1. The maximum Gasteiger partial charge on any atom is 0.341 e. The number of hydrogen-bond acceptors (Lipinski definition) is 8. The van der Waals surface area contributed by atoms with Crippen LogP contribution in [0.4, 0.5) is 5.00 Å². The molecule has 4 rings (SSSR count). The molecule has 180 valence electrons. The Morgan fingerprint density at radius 2 is 1.97 bits per heavy atom. The molecule has 1 aliphatic rings. The highest BCUT2D eigenvalue weighted by atomic mass is 32.2. The third kappa shape index (κ3) is 5.28. The summed E-state index contributed by atoms with van der Waals surface area (Å²) in [6.45, 7) is 5.07. The van der Waals surface area contributed by atoms with E-state index in [4.69, 9.17) is 9.47 Å². The Morgan fingerprint density at radius 3 is 2.68 bits per heavy atom. The Kier molecular flexibility index (Phi) is 7.89. The zero-order chi connectivity index (χ0) is 24.1. The van der Waals surface area contributed by atoms with Gasteiger partial charge in [0.15, 0.2) is 11.0 Å². The third-order valence-electron chi connectivity index (χ3n) is 5.71. The first-order valence-corrected chi connectivity index (χ1v) is 13.1. The van der Waals surface area contributed by atoms with Gasteiger partial charge in [-0.05, 0) is 55.9 Å². The molecule has 1 aliphatic carbocycles. The van der Waals surface area contributed by atoms with Crippen LogP contribution in [0, 0.1) is 0 Å². The molecule has 3 aromatic rings. The fourth-order valence-electron chi connectivity index (χ4n) is 3.92. The number of aryl methyl sites for hydroxylation is 2. The van der Waals surface area contributed by atoms with E-state index in [2.05, 4.69) is 22.4 Å². The van der Waals surface area contributed by atoms with Crippen LogP contribution in [0.5, 0.6) is 5.75 Å². The van der Waals surface area contributed by atoms with Crippen LogP contribution in [-0.2, 0) is 41.9 Å². The van der Waals surface area contributed by atoms with Crippen molar-refractivity contribution in [1.29, 1.82) is 0 Å². The van der Waals surface area contributed by atoms with Gasteiger partial charge in [0.1, 0.15) is 17.4 Å². The molecule has 2 aromatic heterocycles. The predicted octanol–water partition coefficient (Wildman–Crippen LogP) is 4.51. The Balaban J connectivity index is 1.37. The summed E-state index contributed by atoms with van der Waals surface area (Å²) in [7, 11) is 1.36. The second-order valence-corrected chi connectivity index (χ2v) is 9.87. The van der Waals surface area contributed by atoms with Gasteiger partial charge in [-0.1, -0.05) is 30.8 Å². The van der Waals surface area contributed by atoms with Crippen LogP contribution in [-0.4, -0.2) is 39.5 Å². The van der Waals surface area contributed by atoms with Crippen LogP contribution < -0.4 is 10.1 Å². The van der Waals surface area contributed by atoms with Crippen LogP contribution in [0.3, 0.4) is 0 Å². The highest BCUT2D eigenvalue weighted by Gasteiger charge is 2.28. The molecule has 1 N–H and O–H groups in total. The van der Waals surface area contributed by atoms with Gasteiger partial charge in [0.25, 0.3) is 0 Å². The third-order valence-corrected chi connectivity index (χ3v) is 7.88. The van der Waals surface area contributed by atoms with Crippen molar-refractivity contribution in [1.82, 2.24) is 14.8 Å². The summed E-state index contributed by atoms with van der Waals surface area (Å²) in [5, 5.41) is 12.6. The lowest BCUT2D eigenvalue weighted by Gasteiger charge is -2.10. The van der Waals surface area contributed by atoms with Gasteiger partial charge in [-0.3, -0.25) is 4.79 Å². The Bertz CT molecular complexity index is 1170. The van der Waals surface area contributed by atoms with Crippen LogP contribution in [0.15, 0.2) is 29.4 Å². The zero-order valence-electron chi connectivity index (χ0n) is 19.6. The number of thiophene rings is 1. The number of carbonyl (C=O) groups excluding carboxylic acids is 2. The molecule has 0 atom stereocenters. The molecule has 10 heteroatoms. The summed E-state index contributed by atoms with van der Waals surface area (Å²) < 4.78 is 12.8. The SMILES string of the molecule is CCc1ccc(OCc2nnc(SCC(=O)Nc3sc4c(c3C(=O)OC)CCC4)n2CC)cc1. The Labute approximate surface area is 207 Å². The molecular weight excluding hydrogens is 472 g/mol. The van der Waals surface area contributed by atoms with E-state index < -0.39 is 5.97 Å². The Morgan fingerprint density at radius 1 is 1.18 bits per heavy atom. The molecule has 0 unspecified atom stereocenters. The van der Waals surface area contributed by atoms with Crippen LogP contribution in [0.25, 0.3) is 0 Å². The van der Waals surface area contributed by atoms with E-state index in [0.29, 0.717) is 34.7 Å². The van der Waals surface area contributed by atoms with E-state index in [1.807, 2.05) is 35.8 Å². The largest absolute Gasteiger partial charge is 0.486 e. The van der Waals surface area contributed by atoms with Crippen molar-refractivity contribution < 1.29 is 19.1 Å². The molecule has 0 radical (unpaired) electrons. The first-order valence-electron chi connectivity index (χ1n) is 11.3. The number of carbonyl (C=O) groups is 2.